The average Bonchev–Trinajstić information content (AvgIpc) is 3.94. The highest BCUT2D eigenvalue weighted by Crippen LogP contribution is 2.41. The van der Waals surface area contributed by atoms with Gasteiger partial charge >= 0.3 is 11.9 Å². The predicted molar refractivity (Wildman–Crippen MR) is 271 cm³/mol. The molecule has 354 valence electrons. The zero-order chi connectivity index (χ0) is 48.1. The van der Waals surface area contributed by atoms with Crippen LogP contribution in [0.25, 0.3) is 44.8 Å². The molecule has 0 saturated heterocycles. The van der Waals surface area contributed by atoms with Gasteiger partial charge in [-0.3, -0.25) is 0 Å². The molecule has 0 aliphatic heterocycles. The molecular weight excluding hydrogens is 888 g/mol. The molecule has 12 nitrogen and oxygen atoms in total. The molecule has 0 atom stereocenters. The summed E-state index contributed by atoms with van der Waals surface area (Å²) in [6, 6.07) is 41.9. The number of para-hydroxylation sites is 3. The van der Waals surface area contributed by atoms with E-state index < -0.39 is 19.1 Å². The molecule has 0 amide bonds. The van der Waals surface area contributed by atoms with E-state index in [0.29, 0.717) is 47.0 Å². The third-order valence-electron chi connectivity index (χ3n) is 13.1. The number of phenolic OH excluding ortho intramolecular Hbond substituents is 1. The van der Waals surface area contributed by atoms with Gasteiger partial charge in [0.25, 0.3) is 0 Å². The van der Waals surface area contributed by atoms with Crippen LogP contribution >= 0.6 is 7.14 Å². The summed E-state index contributed by atoms with van der Waals surface area (Å²) >= 11 is 0. The fourth-order valence-electron chi connectivity index (χ4n) is 9.62. The number of ether oxygens (including phenoxy) is 2. The van der Waals surface area contributed by atoms with E-state index in [2.05, 4.69) is 33.4 Å². The zero-order valence-corrected chi connectivity index (χ0v) is 39.9. The molecule has 69 heavy (non-hydrogen) atoms. The molecule has 0 unspecified atom stereocenters. The molecular formula is C56H57N4O8P. The highest BCUT2D eigenvalue weighted by Gasteiger charge is 2.25. The highest BCUT2D eigenvalue weighted by molar-refractivity contribution is 7.62. The van der Waals surface area contributed by atoms with Crippen molar-refractivity contribution in [2.75, 3.05) is 19.7 Å². The van der Waals surface area contributed by atoms with Gasteiger partial charge in [0, 0.05) is 29.6 Å². The third-order valence-corrected chi connectivity index (χ3v) is 13.8. The Labute approximate surface area is 401 Å². The van der Waals surface area contributed by atoms with Crippen molar-refractivity contribution in [1.29, 1.82) is 0 Å². The number of aromatic hydroxyl groups is 1. The Bertz CT molecular complexity index is 3160. The Morgan fingerprint density at radius 3 is 1.58 bits per heavy atom. The molecule has 8 aromatic rings. The Morgan fingerprint density at radius 2 is 1.09 bits per heavy atom. The fourth-order valence-corrected chi connectivity index (χ4v) is 10.1. The van der Waals surface area contributed by atoms with Crippen molar-refractivity contribution < 1.29 is 38.9 Å². The monoisotopic (exact) mass is 944 g/mol. The first-order valence-corrected chi connectivity index (χ1v) is 26.6. The second kappa shape index (κ2) is 20.6. The van der Waals surface area contributed by atoms with E-state index in [9.17, 15) is 29.5 Å². The molecule has 10 rings (SSSR count). The number of carbonyl (C=O) groups is 2. The lowest BCUT2D eigenvalue weighted by Crippen LogP contribution is -2.14. The normalized spacial score (nSPS) is 14.6. The van der Waals surface area contributed by atoms with E-state index in [1.807, 2.05) is 72.8 Å². The molecule has 0 spiro atoms. The van der Waals surface area contributed by atoms with Gasteiger partial charge in [-0.15, -0.1) is 0 Å². The van der Waals surface area contributed by atoms with Crippen LogP contribution in [0.1, 0.15) is 108 Å². The molecule has 0 radical (unpaired) electrons. The molecule has 2 fully saturated rings. The lowest BCUT2D eigenvalue weighted by molar-refractivity contribution is 0.0686. The van der Waals surface area contributed by atoms with E-state index in [4.69, 9.17) is 19.4 Å². The summed E-state index contributed by atoms with van der Waals surface area (Å²) in [5, 5.41) is 28.9. The summed E-state index contributed by atoms with van der Waals surface area (Å²) in [5.41, 5.74) is 7.84. The number of hydrogen-bond acceptors (Lipinski definition) is 8. The minimum atomic E-state index is -2.33. The molecule has 2 aliphatic rings. The van der Waals surface area contributed by atoms with E-state index in [1.165, 1.54) is 38.5 Å². The fraction of sp³-hybridized carbons (Fsp3) is 0.286. The number of aromatic nitrogens is 4. The first kappa shape index (κ1) is 46.9. The highest BCUT2D eigenvalue weighted by atomic mass is 31.2. The number of benzene rings is 6. The minimum Gasteiger partial charge on any atom is -0.508 e. The molecule has 13 heteroatoms. The van der Waals surface area contributed by atoms with Gasteiger partial charge < -0.3 is 38.5 Å². The number of hydrogen-bond donors (Lipinski definition) is 3. The zero-order valence-electron chi connectivity index (χ0n) is 39.0. The second-order valence-corrected chi connectivity index (χ2v) is 22.0. The number of phenols is 1. The Morgan fingerprint density at radius 1 is 0.609 bits per heavy atom. The number of rotatable bonds is 13. The van der Waals surface area contributed by atoms with Crippen LogP contribution in [0, 0.1) is 0 Å². The Kier molecular flexibility index (Phi) is 14.0. The summed E-state index contributed by atoms with van der Waals surface area (Å²) in [6.45, 7) is 3.39. The van der Waals surface area contributed by atoms with Crippen molar-refractivity contribution in [3.05, 3.63) is 156 Å². The number of carboxylic acid groups (broad SMARTS) is 2. The predicted octanol–water partition coefficient (Wildman–Crippen LogP) is 13.9. The average molecular weight is 945 g/mol. The maximum absolute atomic E-state index is 12.1. The Hall–Kier alpha value is -7.17. The number of fused-ring (bicyclic) bond motifs is 2. The van der Waals surface area contributed by atoms with Gasteiger partial charge in [-0.05, 0) is 129 Å². The topological polar surface area (TPSA) is 166 Å². The SMILES string of the molecule is CP(C)(=O)COc1ccccc1Oc1ccc(-c2nc3cc(C(=O)O)ccc3n2C2CCCCC2)cc1.O=C(O)c1ccc2c(c1)nc(-c1ccc(Cc3ccccc3O)cc1)n2C1CCCCC1. The summed E-state index contributed by atoms with van der Waals surface area (Å²) in [7, 11) is -2.33. The van der Waals surface area contributed by atoms with Gasteiger partial charge in [0.2, 0.25) is 0 Å². The lowest BCUT2D eigenvalue weighted by atomic mass is 9.94. The van der Waals surface area contributed by atoms with Crippen LogP contribution in [0.5, 0.6) is 23.0 Å². The van der Waals surface area contributed by atoms with Crippen LogP contribution in [0.4, 0.5) is 0 Å². The van der Waals surface area contributed by atoms with Crippen molar-refractivity contribution in [3.63, 3.8) is 0 Å². The van der Waals surface area contributed by atoms with Gasteiger partial charge in [0.15, 0.2) is 11.5 Å². The third kappa shape index (κ3) is 10.9. The van der Waals surface area contributed by atoms with Crippen LogP contribution in [-0.4, -0.2) is 66.0 Å². The maximum atomic E-state index is 12.1. The van der Waals surface area contributed by atoms with Crippen LogP contribution in [0.15, 0.2) is 133 Å². The lowest BCUT2D eigenvalue weighted by Gasteiger charge is -2.25. The molecule has 2 saturated carbocycles. The molecule has 2 aromatic heterocycles. The van der Waals surface area contributed by atoms with Crippen LogP contribution in [0.3, 0.4) is 0 Å². The van der Waals surface area contributed by atoms with E-state index >= 15 is 0 Å². The second-order valence-electron chi connectivity index (χ2n) is 18.6. The van der Waals surface area contributed by atoms with Crippen molar-refractivity contribution in [2.24, 2.45) is 0 Å². The maximum Gasteiger partial charge on any atom is 0.335 e. The van der Waals surface area contributed by atoms with Gasteiger partial charge in [0.1, 0.15) is 36.6 Å². The smallest absolute Gasteiger partial charge is 0.335 e. The van der Waals surface area contributed by atoms with Gasteiger partial charge in [-0.25, -0.2) is 19.6 Å². The van der Waals surface area contributed by atoms with Crippen molar-refractivity contribution >= 4 is 41.1 Å². The number of aromatic carboxylic acids is 2. The number of carboxylic acids is 2. The van der Waals surface area contributed by atoms with Crippen LogP contribution in [-0.2, 0) is 11.0 Å². The van der Waals surface area contributed by atoms with Gasteiger partial charge in [-0.1, -0.05) is 93.1 Å². The molecule has 2 aliphatic carbocycles. The standard InChI is InChI=1S/C29H31N2O5P.C27H26N2O3/c1-37(2,34)19-35-26-10-6-7-11-27(26)36-23-15-12-20(13-16-23)28-30-24-18-21(29(32)33)14-17-25(24)31(28)22-8-4-3-5-9-22;30-25-9-5-4-6-20(25)16-18-10-12-19(13-11-18)26-28-23-17-21(27(31)32)14-15-24(23)29(26)22-7-2-1-3-8-22/h6-7,10-18,22H,3-5,8-9,19H2,1-2H3,(H,32,33);4-6,9-15,17,22,30H,1-3,7-8,16H2,(H,31,32). The Balaban J connectivity index is 0.000000174. The largest absolute Gasteiger partial charge is 0.508 e. The van der Waals surface area contributed by atoms with Crippen molar-refractivity contribution in [3.8, 4) is 45.8 Å². The summed E-state index contributed by atoms with van der Waals surface area (Å²) in [6.07, 6.45) is 12.5. The molecule has 3 N–H and O–H groups in total. The number of imidazole rings is 2. The van der Waals surface area contributed by atoms with E-state index in [-0.39, 0.29) is 17.5 Å². The van der Waals surface area contributed by atoms with Crippen LogP contribution in [0.2, 0.25) is 0 Å². The first-order valence-electron chi connectivity index (χ1n) is 23.8. The summed E-state index contributed by atoms with van der Waals surface area (Å²) in [5.74, 6) is 1.89. The summed E-state index contributed by atoms with van der Waals surface area (Å²) in [4.78, 5) is 32.8. The quantitative estimate of drug-likeness (QED) is 0.0947. The van der Waals surface area contributed by atoms with Crippen molar-refractivity contribution in [2.45, 2.75) is 82.7 Å². The molecule has 6 aromatic carbocycles. The minimum absolute atomic E-state index is 0.146. The van der Waals surface area contributed by atoms with E-state index in [1.54, 1.807) is 49.7 Å². The summed E-state index contributed by atoms with van der Waals surface area (Å²) < 4.78 is 28.6. The number of nitrogens with zero attached hydrogens (tertiary/aromatic N) is 4. The van der Waals surface area contributed by atoms with Gasteiger partial charge in [0.05, 0.1) is 33.2 Å². The van der Waals surface area contributed by atoms with E-state index in [0.717, 1.165) is 76.1 Å². The first-order chi connectivity index (χ1) is 33.4. The molecule has 0 bridgehead atoms. The van der Waals surface area contributed by atoms with Crippen LogP contribution < -0.4 is 9.47 Å². The van der Waals surface area contributed by atoms with Crippen molar-refractivity contribution in [1.82, 2.24) is 19.1 Å². The van der Waals surface area contributed by atoms with Gasteiger partial charge in [-0.2, -0.15) is 0 Å². The molecule has 2 heterocycles.